The number of nitrogens with zero attached hydrogens (tertiary/aromatic N) is 1. The van der Waals surface area contributed by atoms with Gasteiger partial charge in [0, 0.05) is 18.5 Å². The van der Waals surface area contributed by atoms with E-state index in [1.807, 2.05) is 35.2 Å². The summed E-state index contributed by atoms with van der Waals surface area (Å²) < 4.78 is 5.48. The molecule has 0 bridgehead atoms. The van der Waals surface area contributed by atoms with Crippen molar-refractivity contribution in [3.8, 4) is 0 Å². The molecule has 0 radical (unpaired) electrons. The predicted molar refractivity (Wildman–Crippen MR) is 93.8 cm³/mol. The van der Waals surface area contributed by atoms with Gasteiger partial charge in [-0.3, -0.25) is 0 Å². The summed E-state index contributed by atoms with van der Waals surface area (Å²) in [4.78, 5) is 14.2. The minimum Gasteiger partial charge on any atom is -0.445 e. The van der Waals surface area contributed by atoms with E-state index in [9.17, 15) is 4.79 Å². The fourth-order valence-electron chi connectivity index (χ4n) is 3.98. The van der Waals surface area contributed by atoms with Crippen LogP contribution in [-0.4, -0.2) is 24.1 Å². The van der Waals surface area contributed by atoms with Crippen LogP contribution in [0.4, 0.5) is 4.79 Å². The lowest BCUT2D eigenvalue weighted by molar-refractivity contribution is 0.0858. The van der Waals surface area contributed by atoms with Gasteiger partial charge in [0.1, 0.15) is 6.61 Å². The minimum absolute atomic E-state index is 0.178. The molecule has 3 heteroatoms. The van der Waals surface area contributed by atoms with E-state index < -0.39 is 0 Å². The van der Waals surface area contributed by atoms with Crippen molar-refractivity contribution in [2.45, 2.75) is 31.8 Å². The Balaban J connectivity index is 1.35. The highest BCUT2D eigenvalue weighted by Gasteiger charge is 2.58. The van der Waals surface area contributed by atoms with Crippen LogP contribution in [0.25, 0.3) is 0 Å². The monoisotopic (exact) mass is 321 g/mol. The highest BCUT2D eigenvalue weighted by molar-refractivity contribution is 5.68. The number of rotatable bonds is 3. The van der Waals surface area contributed by atoms with E-state index in [4.69, 9.17) is 4.74 Å². The molecular formula is C21H23NO2. The van der Waals surface area contributed by atoms with Gasteiger partial charge in [0.05, 0.1) is 0 Å². The molecule has 4 rings (SSSR count). The van der Waals surface area contributed by atoms with Crippen LogP contribution in [0, 0.1) is 12.8 Å². The molecule has 0 spiro atoms. The molecule has 1 heterocycles. The molecule has 1 aliphatic heterocycles. The molecule has 124 valence electrons. The Hall–Kier alpha value is -2.29. The average Bonchev–Trinajstić information content (AvgIpc) is 3.36. The van der Waals surface area contributed by atoms with Crippen molar-refractivity contribution in [3.63, 3.8) is 0 Å². The largest absolute Gasteiger partial charge is 0.445 e. The Labute approximate surface area is 143 Å². The third-order valence-electron chi connectivity index (χ3n) is 5.59. The fourth-order valence-corrected chi connectivity index (χ4v) is 3.98. The molecule has 1 saturated carbocycles. The van der Waals surface area contributed by atoms with Crippen molar-refractivity contribution >= 4 is 6.09 Å². The second kappa shape index (κ2) is 5.97. The maximum Gasteiger partial charge on any atom is 0.410 e. The lowest BCUT2D eigenvalue weighted by Gasteiger charge is -2.31. The van der Waals surface area contributed by atoms with E-state index in [1.165, 1.54) is 17.5 Å². The van der Waals surface area contributed by atoms with Crippen molar-refractivity contribution in [1.82, 2.24) is 4.90 Å². The van der Waals surface area contributed by atoms with Crippen molar-refractivity contribution in [2.24, 2.45) is 5.92 Å². The minimum atomic E-state index is -0.178. The molecule has 1 aliphatic carbocycles. The van der Waals surface area contributed by atoms with Gasteiger partial charge in [0.2, 0.25) is 0 Å². The molecule has 2 aromatic carbocycles. The maximum atomic E-state index is 12.3. The van der Waals surface area contributed by atoms with Gasteiger partial charge in [-0.1, -0.05) is 60.2 Å². The highest BCUT2D eigenvalue weighted by atomic mass is 16.6. The molecule has 2 aromatic rings. The van der Waals surface area contributed by atoms with Crippen LogP contribution in [0.1, 0.15) is 29.5 Å². The molecule has 2 fully saturated rings. The van der Waals surface area contributed by atoms with Gasteiger partial charge in [0.25, 0.3) is 0 Å². The zero-order valence-corrected chi connectivity index (χ0v) is 14.1. The smallest absolute Gasteiger partial charge is 0.410 e. The van der Waals surface area contributed by atoms with Gasteiger partial charge in [-0.15, -0.1) is 0 Å². The quantitative estimate of drug-likeness (QED) is 0.844. The van der Waals surface area contributed by atoms with Gasteiger partial charge in [-0.05, 0) is 36.8 Å². The molecule has 2 aliphatic rings. The Kier molecular flexibility index (Phi) is 3.79. The van der Waals surface area contributed by atoms with Crippen LogP contribution < -0.4 is 0 Å². The summed E-state index contributed by atoms with van der Waals surface area (Å²) in [7, 11) is 0. The first-order valence-electron chi connectivity index (χ1n) is 8.70. The lowest BCUT2D eigenvalue weighted by atomic mass is 9.87. The molecule has 2 atom stereocenters. The molecule has 0 N–H and O–H groups in total. The first-order chi connectivity index (χ1) is 11.7. The summed E-state index contributed by atoms with van der Waals surface area (Å²) in [5.41, 5.74) is 4.08. The van der Waals surface area contributed by atoms with Gasteiger partial charge in [-0.2, -0.15) is 0 Å². The van der Waals surface area contributed by atoms with Gasteiger partial charge in [-0.25, -0.2) is 4.79 Å². The Morgan fingerprint density at radius 1 is 1.17 bits per heavy atom. The van der Waals surface area contributed by atoms with E-state index in [0.29, 0.717) is 17.9 Å². The number of benzene rings is 2. The summed E-state index contributed by atoms with van der Waals surface area (Å²) in [6.45, 7) is 4.08. The van der Waals surface area contributed by atoms with Crippen LogP contribution in [0.2, 0.25) is 0 Å². The van der Waals surface area contributed by atoms with Crippen LogP contribution >= 0.6 is 0 Å². The van der Waals surface area contributed by atoms with Gasteiger partial charge >= 0.3 is 6.09 Å². The van der Waals surface area contributed by atoms with Crippen molar-refractivity contribution < 1.29 is 9.53 Å². The molecule has 24 heavy (non-hydrogen) atoms. The zero-order chi connectivity index (χ0) is 16.6. The molecule has 0 aromatic heterocycles. The standard InChI is InChI=1S/C21H23NO2/c1-16-7-9-18(10-8-16)21-11-12-22(14-19(21)13-21)20(23)24-15-17-5-3-2-4-6-17/h2-10,19H,11-15H2,1H3. The third kappa shape index (κ3) is 2.79. The van der Waals surface area contributed by atoms with Gasteiger partial charge < -0.3 is 9.64 Å². The van der Waals surface area contributed by atoms with E-state index in [1.54, 1.807) is 0 Å². The fraction of sp³-hybridized carbons (Fsp3) is 0.381. The maximum absolute atomic E-state index is 12.3. The summed E-state index contributed by atoms with van der Waals surface area (Å²) in [6.07, 6.45) is 2.06. The SMILES string of the molecule is Cc1ccc(C23CCN(C(=O)OCc4ccccc4)CC2C3)cc1. The zero-order valence-electron chi connectivity index (χ0n) is 14.1. The third-order valence-corrected chi connectivity index (χ3v) is 5.59. The molecule has 3 nitrogen and oxygen atoms in total. The Morgan fingerprint density at radius 3 is 2.62 bits per heavy atom. The topological polar surface area (TPSA) is 29.5 Å². The number of amides is 1. The number of likely N-dealkylation sites (tertiary alicyclic amines) is 1. The van der Waals surface area contributed by atoms with E-state index in [0.717, 1.165) is 25.1 Å². The van der Waals surface area contributed by atoms with E-state index in [-0.39, 0.29) is 6.09 Å². The number of fused-ring (bicyclic) bond motifs is 1. The lowest BCUT2D eigenvalue weighted by Crippen LogP contribution is -2.40. The molecule has 1 saturated heterocycles. The van der Waals surface area contributed by atoms with Crippen LogP contribution in [0.15, 0.2) is 54.6 Å². The molecular weight excluding hydrogens is 298 g/mol. The summed E-state index contributed by atoms with van der Waals surface area (Å²) in [5, 5.41) is 0. The Bertz CT molecular complexity index is 725. The summed E-state index contributed by atoms with van der Waals surface area (Å²) in [6, 6.07) is 18.8. The van der Waals surface area contributed by atoms with Crippen molar-refractivity contribution in [1.29, 1.82) is 0 Å². The van der Waals surface area contributed by atoms with Gasteiger partial charge in [0.15, 0.2) is 0 Å². The highest BCUT2D eigenvalue weighted by Crippen LogP contribution is 2.59. The van der Waals surface area contributed by atoms with E-state index in [2.05, 4.69) is 31.2 Å². The number of ether oxygens (including phenoxy) is 1. The number of piperidine rings is 1. The number of hydrogen-bond donors (Lipinski definition) is 0. The second-order valence-corrected chi connectivity index (χ2v) is 7.16. The number of carbonyl (C=O) groups is 1. The normalized spacial score (nSPS) is 25.0. The predicted octanol–water partition coefficient (Wildman–Crippen LogP) is 4.30. The second-order valence-electron chi connectivity index (χ2n) is 7.16. The van der Waals surface area contributed by atoms with Crippen LogP contribution in [0.5, 0.6) is 0 Å². The summed E-state index contributed by atoms with van der Waals surface area (Å²) >= 11 is 0. The molecule has 1 amide bonds. The van der Waals surface area contributed by atoms with Crippen molar-refractivity contribution in [2.75, 3.05) is 13.1 Å². The first kappa shape index (κ1) is 15.3. The van der Waals surface area contributed by atoms with Crippen LogP contribution in [-0.2, 0) is 16.8 Å². The van der Waals surface area contributed by atoms with Crippen molar-refractivity contribution in [3.05, 3.63) is 71.3 Å². The molecule has 2 unspecified atom stereocenters. The van der Waals surface area contributed by atoms with Crippen LogP contribution in [0.3, 0.4) is 0 Å². The first-order valence-corrected chi connectivity index (χ1v) is 8.70. The summed E-state index contributed by atoms with van der Waals surface area (Å²) in [5.74, 6) is 0.582. The Morgan fingerprint density at radius 2 is 1.92 bits per heavy atom. The van der Waals surface area contributed by atoms with E-state index >= 15 is 0 Å². The number of carbonyl (C=O) groups excluding carboxylic acids is 1. The number of hydrogen-bond acceptors (Lipinski definition) is 2. The number of aryl methyl sites for hydroxylation is 1. The average molecular weight is 321 g/mol.